The number of halogens is 2. The van der Waals surface area contributed by atoms with E-state index >= 15 is 0 Å². The van der Waals surface area contributed by atoms with Gasteiger partial charge >= 0.3 is 0 Å². The second-order valence-corrected chi connectivity index (χ2v) is 10.5. The lowest BCUT2D eigenvalue weighted by molar-refractivity contribution is 0.581. The Morgan fingerprint density at radius 3 is 2.67 bits per heavy atom. The van der Waals surface area contributed by atoms with E-state index in [-0.39, 0.29) is 17.4 Å². The van der Waals surface area contributed by atoms with Crippen LogP contribution in [-0.2, 0) is 6.42 Å². The Labute approximate surface area is 207 Å². The van der Waals surface area contributed by atoms with E-state index in [2.05, 4.69) is 46.9 Å². The van der Waals surface area contributed by atoms with E-state index < -0.39 is 0 Å². The molecule has 2 heterocycles. The lowest BCUT2D eigenvalue weighted by Crippen LogP contribution is -2.38. The number of thiazole rings is 1. The standard InChI is InChI=1S/C27H18FIN2OS/c28-19-11-8-18(9-12-19)25-22-13-10-17-5-1-2-7-21(17)24(22)30-27-31(25)26(32)23(33-27)15-16-4-3-6-20(29)14-16/h1-9,11-12,14-15,25H,10,13H2/b23-15-/t25-/m1/s1. The molecular formula is C27H18FIN2OS. The van der Waals surface area contributed by atoms with Crippen molar-refractivity contribution in [1.29, 1.82) is 0 Å². The van der Waals surface area contributed by atoms with Crippen LogP contribution in [0, 0.1) is 9.39 Å². The molecular weight excluding hydrogens is 546 g/mol. The quantitative estimate of drug-likeness (QED) is 0.314. The van der Waals surface area contributed by atoms with Crippen molar-refractivity contribution in [2.75, 3.05) is 0 Å². The summed E-state index contributed by atoms with van der Waals surface area (Å²) in [5.41, 5.74) is 6.30. The van der Waals surface area contributed by atoms with Gasteiger partial charge in [0.15, 0.2) is 4.80 Å². The molecule has 0 saturated carbocycles. The van der Waals surface area contributed by atoms with Crippen LogP contribution in [0.5, 0.6) is 0 Å². The summed E-state index contributed by atoms with van der Waals surface area (Å²) in [4.78, 5) is 19.3. The van der Waals surface area contributed by atoms with Crippen molar-refractivity contribution in [1.82, 2.24) is 4.57 Å². The average molecular weight is 564 g/mol. The predicted octanol–water partition coefficient (Wildman–Crippen LogP) is 5.06. The molecule has 2 aliphatic rings. The smallest absolute Gasteiger partial charge is 0.271 e. The second kappa shape index (κ2) is 8.18. The predicted molar refractivity (Wildman–Crippen MR) is 138 cm³/mol. The Hall–Kier alpha value is -2.84. The summed E-state index contributed by atoms with van der Waals surface area (Å²) >= 11 is 3.69. The van der Waals surface area contributed by atoms with Gasteiger partial charge in [-0.25, -0.2) is 9.38 Å². The molecule has 4 aromatic rings. The minimum absolute atomic E-state index is 0.0580. The van der Waals surface area contributed by atoms with Crippen molar-refractivity contribution < 1.29 is 4.39 Å². The molecule has 6 rings (SSSR count). The number of hydrogen-bond donors (Lipinski definition) is 0. The van der Waals surface area contributed by atoms with Crippen molar-refractivity contribution in [2.45, 2.75) is 18.9 Å². The SMILES string of the molecule is O=c1/c(=C/c2cccc(I)c2)sc2n1[C@H](c1ccc(F)cc1)C1=C(N=2)c2ccccc2CC1. The Kier molecular flexibility index (Phi) is 5.14. The van der Waals surface area contributed by atoms with E-state index in [1.54, 1.807) is 16.7 Å². The molecule has 33 heavy (non-hydrogen) atoms. The Balaban J connectivity index is 1.63. The van der Waals surface area contributed by atoms with Crippen LogP contribution in [0.1, 0.15) is 34.7 Å². The van der Waals surface area contributed by atoms with Crippen LogP contribution in [0.25, 0.3) is 11.8 Å². The second-order valence-electron chi connectivity index (χ2n) is 8.22. The maximum absolute atomic E-state index is 13.7. The van der Waals surface area contributed by atoms with Gasteiger partial charge < -0.3 is 0 Å². The summed E-state index contributed by atoms with van der Waals surface area (Å²) in [6, 6.07) is 22.6. The highest BCUT2D eigenvalue weighted by molar-refractivity contribution is 14.1. The first-order valence-corrected chi connectivity index (χ1v) is 12.6. The van der Waals surface area contributed by atoms with E-state index in [1.165, 1.54) is 29.0 Å². The third kappa shape index (κ3) is 3.61. The lowest BCUT2D eigenvalue weighted by atomic mass is 9.83. The minimum Gasteiger partial charge on any atom is -0.272 e. The first-order chi connectivity index (χ1) is 16.1. The van der Waals surface area contributed by atoms with E-state index in [4.69, 9.17) is 4.99 Å². The third-order valence-corrected chi connectivity index (χ3v) is 7.86. The zero-order valence-electron chi connectivity index (χ0n) is 17.5. The molecule has 6 heteroatoms. The molecule has 0 saturated heterocycles. The zero-order valence-corrected chi connectivity index (χ0v) is 20.4. The molecule has 162 valence electrons. The van der Waals surface area contributed by atoms with E-state index in [1.807, 2.05) is 30.3 Å². The number of benzene rings is 3. The summed E-state index contributed by atoms with van der Waals surface area (Å²) in [6.45, 7) is 0. The highest BCUT2D eigenvalue weighted by Crippen LogP contribution is 2.41. The summed E-state index contributed by atoms with van der Waals surface area (Å²) < 4.78 is 17.3. The maximum atomic E-state index is 13.7. The summed E-state index contributed by atoms with van der Waals surface area (Å²) in [6.07, 6.45) is 3.65. The van der Waals surface area contributed by atoms with Gasteiger partial charge in [-0.2, -0.15) is 0 Å². The molecule has 3 aromatic carbocycles. The molecule has 1 aromatic heterocycles. The Morgan fingerprint density at radius 1 is 1.03 bits per heavy atom. The van der Waals surface area contributed by atoms with Crippen LogP contribution in [0.3, 0.4) is 0 Å². The summed E-state index contributed by atoms with van der Waals surface area (Å²) in [7, 11) is 0. The summed E-state index contributed by atoms with van der Waals surface area (Å²) in [5, 5.41) is 0. The van der Waals surface area contributed by atoms with Crippen molar-refractivity contribution in [3.8, 4) is 0 Å². The molecule has 0 radical (unpaired) electrons. The highest BCUT2D eigenvalue weighted by atomic mass is 127. The van der Waals surface area contributed by atoms with Gasteiger partial charge in [0.25, 0.3) is 5.56 Å². The fourth-order valence-electron chi connectivity index (χ4n) is 4.72. The first kappa shape index (κ1) is 20.7. The van der Waals surface area contributed by atoms with Gasteiger partial charge in [0, 0.05) is 9.13 Å². The number of hydrogen-bond acceptors (Lipinski definition) is 3. The largest absolute Gasteiger partial charge is 0.272 e. The zero-order chi connectivity index (χ0) is 22.5. The fraction of sp³-hybridized carbons (Fsp3) is 0.111. The molecule has 3 nitrogen and oxygen atoms in total. The van der Waals surface area contributed by atoms with Gasteiger partial charge in [-0.05, 0) is 88.0 Å². The molecule has 0 N–H and O–H groups in total. The minimum atomic E-state index is -0.289. The average Bonchev–Trinajstić information content (AvgIpc) is 3.13. The molecule has 0 fully saturated rings. The number of aromatic nitrogens is 1. The van der Waals surface area contributed by atoms with Crippen molar-refractivity contribution in [3.63, 3.8) is 0 Å². The molecule has 0 spiro atoms. The van der Waals surface area contributed by atoms with E-state index in [0.29, 0.717) is 9.33 Å². The van der Waals surface area contributed by atoms with Crippen LogP contribution in [0.4, 0.5) is 4.39 Å². The molecule has 0 amide bonds. The monoisotopic (exact) mass is 564 g/mol. The summed E-state index contributed by atoms with van der Waals surface area (Å²) in [5.74, 6) is -0.284. The van der Waals surface area contributed by atoms with Gasteiger partial charge in [0.1, 0.15) is 5.82 Å². The molecule has 0 unspecified atom stereocenters. The van der Waals surface area contributed by atoms with Gasteiger partial charge in [-0.3, -0.25) is 9.36 Å². The molecule has 0 bridgehead atoms. The van der Waals surface area contributed by atoms with Crippen LogP contribution in [-0.4, -0.2) is 4.57 Å². The van der Waals surface area contributed by atoms with Gasteiger partial charge in [-0.1, -0.05) is 59.9 Å². The molecule has 1 atom stereocenters. The maximum Gasteiger partial charge on any atom is 0.271 e. The van der Waals surface area contributed by atoms with Crippen molar-refractivity contribution in [2.24, 2.45) is 4.99 Å². The van der Waals surface area contributed by atoms with Gasteiger partial charge in [0.05, 0.1) is 16.3 Å². The van der Waals surface area contributed by atoms with Crippen molar-refractivity contribution in [3.05, 3.63) is 130 Å². The van der Waals surface area contributed by atoms with Gasteiger partial charge in [0.2, 0.25) is 0 Å². The van der Waals surface area contributed by atoms with Gasteiger partial charge in [-0.15, -0.1) is 0 Å². The molecule has 1 aliphatic heterocycles. The van der Waals surface area contributed by atoms with E-state index in [9.17, 15) is 9.18 Å². The van der Waals surface area contributed by atoms with Crippen LogP contribution in [0.15, 0.2) is 88.2 Å². The van der Waals surface area contributed by atoms with E-state index in [0.717, 1.165) is 44.4 Å². The van der Waals surface area contributed by atoms with Crippen molar-refractivity contribution >= 4 is 45.7 Å². The van der Waals surface area contributed by atoms with Crippen LogP contribution in [0.2, 0.25) is 0 Å². The topological polar surface area (TPSA) is 34.4 Å². The Bertz CT molecular complexity index is 1620. The third-order valence-electron chi connectivity index (χ3n) is 6.21. The number of nitrogens with zero attached hydrogens (tertiary/aromatic N) is 2. The fourth-order valence-corrected chi connectivity index (χ4v) is 6.28. The normalized spacial score (nSPS) is 17.3. The van der Waals surface area contributed by atoms with Crippen LogP contribution < -0.4 is 14.9 Å². The lowest BCUT2D eigenvalue weighted by Gasteiger charge is -2.30. The number of fused-ring (bicyclic) bond motifs is 3. The first-order valence-electron chi connectivity index (χ1n) is 10.7. The Morgan fingerprint density at radius 2 is 1.85 bits per heavy atom. The number of aryl methyl sites for hydroxylation is 1. The molecule has 1 aliphatic carbocycles. The number of rotatable bonds is 2. The number of allylic oxidation sites excluding steroid dienone is 1. The highest BCUT2D eigenvalue weighted by Gasteiger charge is 2.32. The van der Waals surface area contributed by atoms with Crippen LogP contribution >= 0.6 is 33.9 Å².